The summed E-state index contributed by atoms with van der Waals surface area (Å²) in [5.74, 6) is 0. The zero-order valence-corrected chi connectivity index (χ0v) is 8.65. The highest BCUT2D eigenvalue weighted by Gasteiger charge is 1.91. The van der Waals surface area contributed by atoms with Crippen molar-refractivity contribution < 1.29 is 0 Å². The van der Waals surface area contributed by atoms with Crippen LogP contribution >= 0.6 is 0 Å². The first kappa shape index (κ1) is 10.8. The summed E-state index contributed by atoms with van der Waals surface area (Å²) < 4.78 is 0. The van der Waals surface area contributed by atoms with Crippen molar-refractivity contribution in [2.45, 2.75) is 32.1 Å². The van der Waals surface area contributed by atoms with Crippen molar-refractivity contribution in [3.05, 3.63) is 48.2 Å². The van der Waals surface area contributed by atoms with Crippen molar-refractivity contribution >= 4 is 0 Å². The minimum Gasteiger partial charge on any atom is -0.405 e. The lowest BCUT2D eigenvalue weighted by molar-refractivity contribution is 0.686. The smallest absolute Gasteiger partial charge is 0.0103 e. The largest absolute Gasteiger partial charge is 0.405 e. The second kappa shape index (κ2) is 7.19. The Morgan fingerprint density at radius 1 is 1.00 bits per heavy atom. The number of benzene rings is 1. The summed E-state index contributed by atoms with van der Waals surface area (Å²) in [5.41, 5.74) is 6.70. The number of allylic oxidation sites excluding steroid dienone is 1. The van der Waals surface area contributed by atoms with E-state index in [4.69, 9.17) is 5.73 Å². The van der Waals surface area contributed by atoms with Crippen LogP contribution in [0.25, 0.3) is 0 Å². The molecule has 0 aliphatic rings. The maximum Gasteiger partial charge on any atom is -0.0103 e. The standard InChI is InChI=1S/C13H19N/c14-12-8-3-1-2-5-9-13-10-6-4-7-11-13/h4,6-8,10-12H,1-3,5,9,14H2/b12-8+. The zero-order valence-electron chi connectivity index (χ0n) is 8.65. The molecular weight excluding hydrogens is 170 g/mol. The van der Waals surface area contributed by atoms with E-state index in [1.54, 1.807) is 6.20 Å². The van der Waals surface area contributed by atoms with Crippen molar-refractivity contribution in [1.29, 1.82) is 0 Å². The van der Waals surface area contributed by atoms with Gasteiger partial charge in [-0.25, -0.2) is 0 Å². The molecule has 0 amide bonds. The number of hydrogen-bond donors (Lipinski definition) is 1. The summed E-state index contributed by atoms with van der Waals surface area (Å²) >= 11 is 0. The lowest BCUT2D eigenvalue weighted by Crippen LogP contribution is -1.85. The first-order valence-corrected chi connectivity index (χ1v) is 5.34. The van der Waals surface area contributed by atoms with Gasteiger partial charge in [-0.3, -0.25) is 0 Å². The summed E-state index contributed by atoms with van der Waals surface area (Å²) in [6.45, 7) is 0. The highest BCUT2D eigenvalue weighted by molar-refractivity contribution is 5.14. The molecule has 1 aromatic rings. The lowest BCUT2D eigenvalue weighted by Gasteiger charge is -1.99. The molecule has 0 heterocycles. The zero-order chi connectivity index (χ0) is 10.1. The Morgan fingerprint density at radius 2 is 1.79 bits per heavy atom. The van der Waals surface area contributed by atoms with Crippen molar-refractivity contribution in [2.24, 2.45) is 5.73 Å². The van der Waals surface area contributed by atoms with Gasteiger partial charge >= 0.3 is 0 Å². The van der Waals surface area contributed by atoms with Crippen LogP contribution in [0.4, 0.5) is 0 Å². The van der Waals surface area contributed by atoms with Crippen molar-refractivity contribution in [3.8, 4) is 0 Å². The Hall–Kier alpha value is -1.24. The average Bonchev–Trinajstić information content (AvgIpc) is 2.25. The van der Waals surface area contributed by atoms with Crippen molar-refractivity contribution in [2.75, 3.05) is 0 Å². The third-order valence-corrected chi connectivity index (χ3v) is 2.32. The van der Waals surface area contributed by atoms with Gasteiger partial charge in [0.15, 0.2) is 0 Å². The number of hydrogen-bond acceptors (Lipinski definition) is 1. The van der Waals surface area contributed by atoms with Crippen LogP contribution in [-0.4, -0.2) is 0 Å². The molecule has 0 unspecified atom stereocenters. The van der Waals surface area contributed by atoms with Gasteiger partial charge in [-0.15, -0.1) is 0 Å². The van der Waals surface area contributed by atoms with Crippen LogP contribution in [0.5, 0.6) is 0 Å². The van der Waals surface area contributed by atoms with Crippen LogP contribution in [0.15, 0.2) is 42.6 Å². The molecule has 0 fully saturated rings. The predicted molar refractivity (Wildman–Crippen MR) is 61.9 cm³/mol. The summed E-state index contributed by atoms with van der Waals surface area (Å²) in [7, 11) is 0. The molecule has 1 nitrogen and oxygen atoms in total. The Morgan fingerprint density at radius 3 is 2.50 bits per heavy atom. The third kappa shape index (κ3) is 4.70. The van der Waals surface area contributed by atoms with Gasteiger partial charge in [-0.05, 0) is 37.4 Å². The molecule has 76 valence electrons. The van der Waals surface area contributed by atoms with Gasteiger partial charge in [-0.2, -0.15) is 0 Å². The molecule has 1 aromatic carbocycles. The fourth-order valence-corrected chi connectivity index (χ4v) is 1.51. The lowest BCUT2D eigenvalue weighted by atomic mass is 10.1. The van der Waals surface area contributed by atoms with Crippen LogP contribution in [0, 0.1) is 0 Å². The van der Waals surface area contributed by atoms with Gasteiger partial charge in [0.05, 0.1) is 0 Å². The van der Waals surface area contributed by atoms with Gasteiger partial charge < -0.3 is 5.73 Å². The molecule has 0 radical (unpaired) electrons. The molecule has 1 rings (SSSR count). The highest BCUT2D eigenvalue weighted by Crippen LogP contribution is 2.07. The number of nitrogens with two attached hydrogens (primary N) is 1. The Kier molecular flexibility index (Phi) is 5.57. The van der Waals surface area contributed by atoms with E-state index < -0.39 is 0 Å². The number of rotatable bonds is 6. The fourth-order valence-electron chi connectivity index (χ4n) is 1.51. The second-order valence-corrected chi connectivity index (χ2v) is 3.51. The van der Waals surface area contributed by atoms with Crippen LogP contribution in [0.1, 0.15) is 31.2 Å². The van der Waals surface area contributed by atoms with Crippen LogP contribution in [0.3, 0.4) is 0 Å². The van der Waals surface area contributed by atoms with E-state index in [-0.39, 0.29) is 0 Å². The van der Waals surface area contributed by atoms with E-state index in [2.05, 4.69) is 30.3 Å². The van der Waals surface area contributed by atoms with Crippen molar-refractivity contribution in [3.63, 3.8) is 0 Å². The van der Waals surface area contributed by atoms with E-state index >= 15 is 0 Å². The molecule has 2 N–H and O–H groups in total. The SMILES string of the molecule is N/C=C/CCCCCc1ccccc1. The summed E-state index contributed by atoms with van der Waals surface area (Å²) in [4.78, 5) is 0. The average molecular weight is 189 g/mol. The maximum atomic E-state index is 5.25. The van der Waals surface area contributed by atoms with E-state index in [0.717, 1.165) is 6.42 Å². The number of aryl methyl sites for hydroxylation is 1. The minimum absolute atomic E-state index is 1.12. The molecule has 0 atom stereocenters. The van der Waals surface area contributed by atoms with E-state index in [1.165, 1.54) is 31.2 Å². The van der Waals surface area contributed by atoms with Gasteiger partial charge in [0, 0.05) is 0 Å². The monoisotopic (exact) mass is 189 g/mol. The summed E-state index contributed by atoms with van der Waals surface area (Å²) in [6, 6.07) is 10.7. The normalized spacial score (nSPS) is 10.9. The molecule has 0 bridgehead atoms. The van der Waals surface area contributed by atoms with Gasteiger partial charge in [-0.1, -0.05) is 42.8 Å². The van der Waals surface area contributed by atoms with E-state index in [1.807, 2.05) is 6.08 Å². The summed E-state index contributed by atoms with van der Waals surface area (Å²) in [5, 5.41) is 0. The second-order valence-electron chi connectivity index (χ2n) is 3.51. The third-order valence-electron chi connectivity index (χ3n) is 2.32. The first-order chi connectivity index (χ1) is 6.93. The highest BCUT2D eigenvalue weighted by atomic mass is 14.5. The van der Waals surface area contributed by atoms with E-state index in [0.29, 0.717) is 0 Å². The maximum absolute atomic E-state index is 5.25. The van der Waals surface area contributed by atoms with Gasteiger partial charge in [0.1, 0.15) is 0 Å². The summed E-state index contributed by atoms with van der Waals surface area (Å²) in [6.07, 6.45) is 9.81. The molecule has 0 saturated carbocycles. The topological polar surface area (TPSA) is 26.0 Å². The molecule has 0 aliphatic heterocycles. The minimum atomic E-state index is 1.12. The Balaban J connectivity index is 2.05. The molecule has 0 aromatic heterocycles. The Labute approximate surface area is 86.6 Å². The fraction of sp³-hybridized carbons (Fsp3) is 0.385. The van der Waals surface area contributed by atoms with Crippen LogP contribution in [-0.2, 0) is 6.42 Å². The molecule has 14 heavy (non-hydrogen) atoms. The molecular formula is C13H19N. The predicted octanol–water partition coefficient (Wildman–Crippen LogP) is 3.26. The van der Waals surface area contributed by atoms with Crippen molar-refractivity contribution in [1.82, 2.24) is 0 Å². The number of unbranched alkanes of at least 4 members (excludes halogenated alkanes) is 3. The Bertz CT molecular complexity index is 251. The van der Waals surface area contributed by atoms with Gasteiger partial charge in [0.2, 0.25) is 0 Å². The quantitative estimate of drug-likeness (QED) is 0.683. The molecule has 0 saturated heterocycles. The van der Waals surface area contributed by atoms with Crippen LogP contribution in [0.2, 0.25) is 0 Å². The molecule has 0 spiro atoms. The molecule has 0 aliphatic carbocycles. The van der Waals surface area contributed by atoms with Gasteiger partial charge in [0.25, 0.3) is 0 Å². The van der Waals surface area contributed by atoms with Crippen LogP contribution < -0.4 is 5.73 Å². The first-order valence-electron chi connectivity index (χ1n) is 5.34. The van der Waals surface area contributed by atoms with E-state index in [9.17, 15) is 0 Å². The molecule has 1 heteroatoms.